The van der Waals surface area contributed by atoms with Gasteiger partial charge in [-0.1, -0.05) is 77.6 Å². The first kappa shape index (κ1) is 23.4. The molecule has 0 saturated heterocycles. The monoisotopic (exact) mass is 342 g/mol. The molecule has 0 heterocycles. The summed E-state index contributed by atoms with van der Waals surface area (Å²) in [7, 11) is 0. The first-order chi connectivity index (χ1) is 11.6. The van der Waals surface area contributed by atoms with Crippen molar-refractivity contribution in [3.05, 3.63) is 0 Å². The average molecular weight is 343 g/mol. The molecule has 0 aliphatic heterocycles. The van der Waals surface area contributed by atoms with Crippen LogP contribution in [-0.4, -0.2) is 23.3 Å². The van der Waals surface area contributed by atoms with Gasteiger partial charge in [-0.25, -0.2) is 0 Å². The minimum absolute atomic E-state index is 0.0428. The van der Waals surface area contributed by atoms with E-state index in [2.05, 4.69) is 6.92 Å². The number of carbonyl (C=O) groups excluding carboxylic acids is 1. The molecule has 0 aromatic carbocycles. The van der Waals surface area contributed by atoms with Crippen molar-refractivity contribution in [1.82, 2.24) is 0 Å². The fourth-order valence-electron chi connectivity index (χ4n) is 2.99. The van der Waals surface area contributed by atoms with Crippen molar-refractivity contribution in [2.45, 2.75) is 129 Å². The summed E-state index contributed by atoms with van der Waals surface area (Å²) < 4.78 is 5.08. The second-order valence-corrected chi connectivity index (χ2v) is 7.41. The van der Waals surface area contributed by atoms with E-state index in [1.807, 2.05) is 13.8 Å². The van der Waals surface area contributed by atoms with Crippen LogP contribution >= 0.6 is 0 Å². The fraction of sp³-hybridized carbons (Fsp3) is 0.952. The van der Waals surface area contributed by atoms with E-state index in [1.54, 1.807) is 0 Å². The van der Waals surface area contributed by atoms with Crippen LogP contribution in [0.4, 0.5) is 0 Å². The highest BCUT2D eigenvalue weighted by Crippen LogP contribution is 2.14. The maximum absolute atomic E-state index is 11.4. The van der Waals surface area contributed by atoms with Crippen LogP contribution < -0.4 is 0 Å². The van der Waals surface area contributed by atoms with Crippen LogP contribution in [0.2, 0.25) is 0 Å². The van der Waals surface area contributed by atoms with E-state index in [0.29, 0.717) is 12.8 Å². The number of esters is 1. The van der Waals surface area contributed by atoms with Gasteiger partial charge in [0.25, 0.3) is 0 Å². The van der Waals surface area contributed by atoms with Gasteiger partial charge in [0.2, 0.25) is 0 Å². The van der Waals surface area contributed by atoms with E-state index in [-0.39, 0.29) is 18.2 Å². The van der Waals surface area contributed by atoms with Crippen LogP contribution in [0, 0.1) is 0 Å². The number of hydrogen-bond donors (Lipinski definition) is 1. The second kappa shape index (κ2) is 17.3. The van der Waals surface area contributed by atoms with Gasteiger partial charge in [-0.05, 0) is 33.1 Å². The Bertz CT molecular complexity index is 276. The molecule has 0 radical (unpaired) electrons. The number of carbonyl (C=O) groups is 1. The number of ether oxygens (including phenoxy) is 1. The molecule has 1 atom stereocenters. The number of rotatable bonds is 17. The van der Waals surface area contributed by atoms with Gasteiger partial charge in [0.15, 0.2) is 0 Å². The SMILES string of the molecule is CCCCCCCCCCCCCC(O)CCCC(=O)OC(C)C. The summed E-state index contributed by atoms with van der Waals surface area (Å²) in [6.07, 6.45) is 17.1. The molecule has 0 amide bonds. The first-order valence-corrected chi connectivity index (χ1v) is 10.4. The molecular formula is C21H42O3. The van der Waals surface area contributed by atoms with Crippen molar-refractivity contribution >= 4 is 5.97 Å². The van der Waals surface area contributed by atoms with Gasteiger partial charge in [-0.15, -0.1) is 0 Å². The van der Waals surface area contributed by atoms with E-state index >= 15 is 0 Å². The molecule has 24 heavy (non-hydrogen) atoms. The van der Waals surface area contributed by atoms with Crippen molar-refractivity contribution in [1.29, 1.82) is 0 Å². The number of aliphatic hydroxyl groups is 1. The lowest BCUT2D eigenvalue weighted by molar-refractivity contribution is -0.147. The summed E-state index contributed by atoms with van der Waals surface area (Å²) in [5, 5.41) is 9.94. The van der Waals surface area contributed by atoms with Gasteiger partial charge in [-0.2, -0.15) is 0 Å². The largest absolute Gasteiger partial charge is 0.463 e. The Morgan fingerprint density at radius 3 is 1.75 bits per heavy atom. The molecule has 1 N–H and O–H groups in total. The van der Waals surface area contributed by atoms with Gasteiger partial charge in [0, 0.05) is 6.42 Å². The average Bonchev–Trinajstić information content (AvgIpc) is 2.52. The highest BCUT2D eigenvalue weighted by atomic mass is 16.5. The second-order valence-electron chi connectivity index (χ2n) is 7.41. The zero-order valence-electron chi connectivity index (χ0n) is 16.5. The Morgan fingerprint density at radius 2 is 1.25 bits per heavy atom. The molecule has 0 aliphatic rings. The number of hydrogen-bond acceptors (Lipinski definition) is 3. The van der Waals surface area contributed by atoms with Crippen LogP contribution in [-0.2, 0) is 9.53 Å². The predicted molar refractivity (Wildman–Crippen MR) is 102 cm³/mol. The summed E-state index contributed by atoms with van der Waals surface area (Å²) >= 11 is 0. The summed E-state index contributed by atoms with van der Waals surface area (Å²) in [6, 6.07) is 0. The Morgan fingerprint density at radius 1 is 0.792 bits per heavy atom. The zero-order chi connectivity index (χ0) is 18.0. The maximum Gasteiger partial charge on any atom is 0.306 e. The molecule has 3 heteroatoms. The van der Waals surface area contributed by atoms with Gasteiger partial charge in [0.05, 0.1) is 12.2 Å². The minimum Gasteiger partial charge on any atom is -0.463 e. The normalized spacial score (nSPS) is 12.5. The molecule has 0 aliphatic carbocycles. The van der Waals surface area contributed by atoms with E-state index in [0.717, 1.165) is 19.3 Å². The van der Waals surface area contributed by atoms with Crippen LogP contribution in [0.15, 0.2) is 0 Å². The molecule has 1 unspecified atom stereocenters. The van der Waals surface area contributed by atoms with Gasteiger partial charge >= 0.3 is 5.97 Å². The van der Waals surface area contributed by atoms with Crippen LogP contribution in [0.3, 0.4) is 0 Å². The van der Waals surface area contributed by atoms with E-state index in [9.17, 15) is 9.90 Å². The van der Waals surface area contributed by atoms with Gasteiger partial charge < -0.3 is 9.84 Å². The quantitative estimate of drug-likeness (QED) is 0.254. The van der Waals surface area contributed by atoms with Crippen molar-refractivity contribution in [2.24, 2.45) is 0 Å². The summed E-state index contributed by atoms with van der Waals surface area (Å²) in [6.45, 7) is 5.98. The molecule has 0 spiro atoms. The molecule has 0 rings (SSSR count). The molecule has 0 bridgehead atoms. The van der Waals surface area contributed by atoms with E-state index in [4.69, 9.17) is 4.74 Å². The lowest BCUT2D eigenvalue weighted by atomic mass is 10.0. The number of aliphatic hydroxyl groups excluding tert-OH is 1. The molecular weight excluding hydrogens is 300 g/mol. The molecule has 144 valence electrons. The molecule has 3 nitrogen and oxygen atoms in total. The maximum atomic E-state index is 11.4. The third-order valence-corrected chi connectivity index (χ3v) is 4.43. The summed E-state index contributed by atoms with van der Waals surface area (Å²) in [5.74, 6) is -0.146. The minimum atomic E-state index is -0.254. The zero-order valence-corrected chi connectivity index (χ0v) is 16.5. The van der Waals surface area contributed by atoms with Gasteiger partial charge in [0.1, 0.15) is 0 Å². The standard InChI is InChI=1S/C21H42O3/c1-4-5-6-7-8-9-10-11-12-13-14-16-20(22)17-15-18-21(23)24-19(2)3/h19-20,22H,4-18H2,1-3H3. The molecule has 0 fully saturated rings. The van der Waals surface area contributed by atoms with Crippen molar-refractivity contribution in [2.75, 3.05) is 0 Å². The molecule has 0 aromatic heterocycles. The topological polar surface area (TPSA) is 46.5 Å². The highest BCUT2D eigenvalue weighted by Gasteiger charge is 2.08. The summed E-state index contributed by atoms with van der Waals surface area (Å²) in [5.41, 5.74) is 0. The van der Waals surface area contributed by atoms with Gasteiger partial charge in [-0.3, -0.25) is 4.79 Å². The Balaban J connectivity index is 3.26. The Kier molecular flexibility index (Phi) is 16.8. The highest BCUT2D eigenvalue weighted by molar-refractivity contribution is 5.69. The van der Waals surface area contributed by atoms with Crippen LogP contribution in [0.5, 0.6) is 0 Å². The van der Waals surface area contributed by atoms with Crippen molar-refractivity contribution in [3.63, 3.8) is 0 Å². The summed E-state index contributed by atoms with van der Waals surface area (Å²) in [4.78, 5) is 11.4. The van der Waals surface area contributed by atoms with E-state index < -0.39 is 0 Å². The van der Waals surface area contributed by atoms with Crippen molar-refractivity contribution in [3.8, 4) is 0 Å². The molecule has 0 saturated carbocycles. The lowest BCUT2D eigenvalue weighted by Gasteiger charge is -2.11. The predicted octanol–water partition coefficient (Wildman–Crippen LogP) is 6.17. The van der Waals surface area contributed by atoms with E-state index in [1.165, 1.54) is 64.2 Å². The number of unbranched alkanes of at least 4 members (excludes halogenated alkanes) is 10. The van der Waals surface area contributed by atoms with Crippen molar-refractivity contribution < 1.29 is 14.6 Å². The van der Waals surface area contributed by atoms with Crippen LogP contribution in [0.1, 0.15) is 117 Å². The third kappa shape index (κ3) is 17.8. The molecule has 0 aromatic rings. The lowest BCUT2D eigenvalue weighted by Crippen LogP contribution is -2.12. The first-order valence-electron chi connectivity index (χ1n) is 10.4. The Labute approximate surface area is 150 Å². The fourth-order valence-corrected chi connectivity index (χ4v) is 2.99. The third-order valence-electron chi connectivity index (χ3n) is 4.43. The van der Waals surface area contributed by atoms with Crippen LogP contribution in [0.25, 0.3) is 0 Å². The Hall–Kier alpha value is -0.570. The smallest absolute Gasteiger partial charge is 0.306 e.